The van der Waals surface area contributed by atoms with Gasteiger partial charge in [0.25, 0.3) is 0 Å². The van der Waals surface area contributed by atoms with E-state index < -0.39 is 17.8 Å². The lowest BCUT2D eigenvalue weighted by atomic mass is 10.1. The zero-order chi connectivity index (χ0) is 20.7. The molecule has 0 aliphatic carbocycles. The van der Waals surface area contributed by atoms with Gasteiger partial charge in [-0.25, -0.2) is 0 Å². The van der Waals surface area contributed by atoms with E-state index in [4.69, 9.17) is 16.3 Å². The molecule has 0 saturated carbocycles. The van der Waals surface area contributed by atoms with Crippen molar-refractivity contribution in [2.45, 2.75) is 23.6 Å². The Labute approximate surface area is 169 Å². The van der Waals surface area contributed by atoms with Crippen LogP contribution in [0, 0.1) is 0 Å². The molecule has 0 aromatic heterocycles. The molecule has 2 aromatic carbocycles. The maximum Gasteiger partial charge on any atom is 0.416 e. The molecule has 0 saturated heterocycles. The van der Waals surface area contributed by atoms with Crippen molar-refractivity contribution in [3.8, 4) is 5.75 Å². The van der Waals surface area contributed by atoms with Crippen LogP contribution in [-0.4, -0.2) is 36.6 Å². The van der Waals surface area contributed by atoms with E-state index in [0.29, 0.717) is 10.6 Å². The van der Waals surface area contributed by atoms with Gasteiger partial charge in [-0.15, -0.1) is 11.8 Å². The fraction of sp³-hybridized carbons (Fsp3) is 0.316. The van der Waals surface area contributed by atoms with Gasteiger partial charge in [0.2, 0.25) is 0 Å². The number of rotatable bonds is 8. The molecule has 2 aromatic rings. The molecular formula is C19H18ClF3O4S. The quantitative estimate of drug-likeness (QED) is 0.486. The summed E-state index contributed by atoms with van der Waals surface area (Å²) in [4.78, 5) is 12.0. The van der Waals surface area contributed by atoms with Crippen LogP contribution < -0.4 is 4.74 Å². The van der Waals surface area contributed by atoms with Crippen LogP contribution in [-0.2, 0) is 22.1 Å². The molecule has 1 unspecified atom stereocenters. The number of ether oxygens (including phenoxy) is 2. The summed E-state index contributed by atoms with van der Waals surface area (Å²) in [5.41, 5.74) is -0.0476. The van der Waals surface area contributed by atoms with E-state index >= 15 is 0 Å². The smallest absolute Gasteiger partial charge is 0.416 e. The average Bonchev–Trinajstić information content (AvgIpc) is 2.65. The summed E-state index contributed by atoms with van der Waals surface area (Å²) in [7, 11) is 1.31. The van der Waals surface area contributed by atoms with Crippen molar-refractivity contribution in [2.24, 2.45) is 0 Å². The summed E-state index contributed by atoms with van der Waals surface area (Å²) in [6.07, 6.45) is -5.14. The van der Waals surface area contributed by atoms with Crippen LogP contribution >= 0.6 is 23.4 Å². The second kappa shape index (κ2) is 10.0. The number of hydrogen-bond donors (Lipinski definition) is 1. The molecule has 0 radical (unpaired) electrons. The molecule has 0 bridgehead atoms. The third-order valence-corrected chi connectivity index (χ3v) is 5.27. The van der Waals surface area contributed by atoms with Gasteiger partial charge in [-0.05, 0) is 42.0 Å². The van der Waals surface area contributed by atoms with E-state index in [-0.39, 0.29) is 30.5 Å². The minimum atomic E-state index is -4.40. The van der Waals surface area contributed by atoms with Gasteiger partial charge in [0.1, 0.15) is 12.4 Å². The Morgan fingerprint density at radius 1 is 1.21 bits per heavy atom. The molecule has 0 aliphatic heterocycles. The Kier molecular flexibility index (Phi) is 8.03. The minimum absolute atomic E-state index is 0.0730. The highest BCUT2D eigenvalue weighted by molar-refractivity contribution is 7.99. The molecule has 2 rings (SSSR count). The fourth-order valence-corrected chi connectivity index (χ4v) is 3.37. The molecule has 0 aliphatic rings. The highest BCUT2D eigenvalue weighted by Crippen LogP contribution is 2.31. The number of esters is 1. The van der Waals surface area contributed by atoms with Crippen molar-refractivity contribution in [2.75, 3.05) is 19.5 Å². The number of carbonyl (C=O) groups is 1. The van der Waals surface area contributed by atoms with Crippen LogP contribution in [0.5, 0.6) is 5.75 Å². The number of benzene rings is 2. The van der Waals surface area contributed by atoms with E-state index in [1.807, 2.05) is 0 Å². The second-order valence-electron chi connectivity index (χ2n) is 5.82. The molecular weight excluding hydrogens is 417 g/mol. The lowest BCUT2D eigenvalue weighted by molar-refractivity contribution is -0.140. The molecule has 0 spiro atoms. The highest BCUT2D eigenvalue weighted by atomic mass is 35.5. The Bertz CT molecular complexity index is 797. The summed E-state index contributed by atoms with van der Waals surface area (Å²) in [6.45, 7) is -0.0730. The number of aliphatic hydroxyl groups is 1. The third kappa shape index (κ3) is 6.92. The summed E-state index contributed by atoms with van der Waals surface area (Å²) < 4.78 is 47.5. The van der Waals surface area contributed by atoms with Crippen LogP contribution in [0.25, 0.3) is 0 Å². The Hall–Kier alpha value is -1.90. The summed E-state index contributed by atoms with van der Waals surface area (Å²) in [6, 6.07) is 9.41. The van der Waals surface area contributed by atoms with Crippen molar-refractivity contribution in [3.05, 3.63) is 58.6 Å². The van der Waals surface area contributed by atoms with Crippen molar-refractivity contribution in [1.29, 1.82) is 0 Å². The number of carbonyl (C=O) groups excluding carboxylic acids is 1. The molecule has 0 heterocycles. The van der Waals surface area contributed by atoms with Gasteiger partial charge in [-0.1, -0.05) is 17.7 Å². The molecule has 152 valence electrons. The molecule has 28 heavy (non-hydrogen) atoms. The number of aliphatic hydroxyl groups excluding tert-OH is 1. The molecule has 1 atom stereocenters. The van der Waals surface area contributed by atoms with E-state index in [0.717, 1.165) is 17.0 Å². The largest absolute Gasteiger partial charge is 0.491 e. The number of thioether (sulfide) groups is 1. The monoisotopic (exact) mass is 434 g/mol. The predicted octanol–water partition coefficient (Wildman–Crippen LogP) is 4.61. The van der Waals surface area contributed by atoms with Crippen molar-refractivity contribution >= 4 is 29.3 Å². The molecule has 9 heteroatoms. The number of alkyl halides is 3. The van der Waals surface area contributed by atoms with Crippen LogP contribution in [0.3, 0.4) is 0 Å². The topological polar surface area (TPSA) is 55.8 Å². The SMILES string of the molecule is COC(=O)Cc1ccc(SCC(O)COc2ccc(C(F)(F)F)cc2)c(Cl)c1. The van der Waals surface area contributed by atoms with Gasteiger partial charge in [0, 0.05) is 10.6 Å². The van der Waals surface area contributed by atoms with Gasteiger partial charge < -0.3 is 14.6 Å². The molecule has 1 N–H and O–H groups in total. The Morgan fingerprint density at radius 2 is 1.89 bits per heavy atom. The third-order valence-electron chi connectivity index (χ3n) is 3.63. The van der Waals surface area contributed by atoms with Crippen LogP contribution in [0.15, 0.2) is 47.4 Å². The predicted molar refractivity (Wildman–Crippen MR) is 101 cm³/mol. The second-order valence-corrected chi connectivity index (χ2v) is 7.28. The van der Waals surface area contributed by atoms with Gasteiger partial charge in [0.15, 0.2) is 0 Å². The summed E-state index contributed by atoms with van der Waals surface area (Å²) >= 11 is 7.49. The average molecular weight is 435 g/mol. The number of hydrogen-bond acceptors (Lipinski definition) is 5. The molecule has 4 nitrogen and oxygen atoms in total. The van der Waals surface area contributed by atoms with Gasteiger partial charge in [-0.2, -0.15) is 13.2 Å². The zero-order valence-electron chi connectivity index (χ0n) is 14.8. The lowest BCUT2D eigenvalue weighted by Crippen LogP contribution is -2.20. The Morgan fingerprint density at radius 3 is 2.46 bits per heavy atom. The van der Waals surface area contributed by atoms with E-state index in [2.05, 4.69) is 4.74 Å². The van der Waals surface area contributed by atoms with Crippen molar-refractivity contribution in [3.63, 3.8) is 0 Å². The highest BCUT2D eigenvalue weighted by Gasteiger charge is 2.30. The van der Waals surface area contributed by atoms with Gasteiger partial charge in [-0.3, -0.25) is 4.79 Å². The summed E-state index contributed by atoms with van der Waals surface area (Å²) in [5.74, 6) is 0.144. The number of halogens is 4. The van der Waals surface area contributed by atoms with Gasteiger partial charge >= 0.3 is 12.1 Å². The first-order chi connectivity index (χ1) is 13.2. The minimum Gasteiger partial charge on any atom is -0.491 e. The Balaban J connectivity index is 1.82. The fourth-order valence-electron chi connectivity index (χ4n) is 2.18. The molecule has 0 fully saturated rings. The van der Waals surface area contributed by atoms with Crippen LogP contribution in [0.2, 0.25) is 5.02 Å². The van der Waals surface area contributed by atoms with Crippen molar-refractivity contribution in [1.82, 2.24) is 0 Å². The zero-order valence-corrected chi connectivity index (χ0v) is 16.4. The maximum absolute atomic E-state index is 12.5. The summed E-state index contributed by atoms with van der Waals surface area (Å²) in [5, 5.41) is 10.5. The standard InChI is InChI=1S/C19H18ClF3O4S/c1-26-18(25)9-12-2-7-17(16(20)8-12)28-11-14(24)10-27-15-5-3-13(4-6-15)19(21,22)23/h2-8,14,24H,9-11H2,1H3. The normalized spacial score (nSPS) is 12.5. The van der Waals surface area contributed by atoms with Crippen LogP contribution in [0.1, 0.15) is 11.1 Å². The number of methoxy groups -OCH3 is 1. The van der Waals surface area contributed by atoms with Gasteiger partial charge in [0.05, 0.1) is 30.2 Å². The van der Waals surface area contributed by atoms with E-state index in [1.165, 1.54) is 31.0 Å². The molecule has 0 amide bonds. The van der Waals surface area contributed by atoms with Crippen LogP contribution in [0.4, 0.5) is 13.2 Å². The maximum atomic E-state index is 12.5. The van der Waals surface area contributed by atoms with E-state index in [1.54, 1.807) is 18.2 Å². The van der Waals surface area contributed by atoms with E-state index in [9.17, 15) is 23.1 Å². The van der Waals surface area contributed by atoms with Crippen molar-refractivity contribution < 1.29 is 32.5 Å². The first-order valence-corrected chi connectivity index (χ1v) is 9.51. The first kappa shape index (κ1) is 22.4. The first-order valence-electron chi connectivity index (χ1n) is 8.15. The lowest BCUT2D eigenvalue weighted by Gasteiger charge is -2.14.